The second-order valence-corrected chi connectivity index (χ2v) is 7.60. The Balaban J connectivity index is 2.03. The van der Waals surface area contributed by atoms with E-state index in [1.165, 1.54) is 5.56 Å². The van der Waals surface area contributed by atoms with E-state index in [9.17, 15) is 4.79 Å². The number of hydrogen-bond donors (Lipinski definition) is 0. The molecule has 1 aliphatic heterocycles. The molecule has 1 saturated heterocycles. The van der Waals surface area contributed by atoms with Gasteiger partial charge in [0.05, 0.1) is 12.7 Å². The third-order valence-corrected chi connectivity index (χ3v) is 4.09. The molecule has 0 spiro atoms. The predicted molar refractivity (Wildman–Crippen MR) is 91.9 cm³/mol. The minimum Gasteiger partial charge on any atom is -0.371 e. The number of benzene rings is 1. The maximum atomic E-state index is 11.3. The molecule has 1 aromatic rings. The molecule has 2 rings (SSSR count). The summed E-state index contributed by atoms with van der Waals surface area (Å²) in [6, 6.07) is 6.31. The minimum atomic E-state index is -0.0706. The first-order chi connectivity index (χ1) is 10.3. The Morgan fingerprint density at radius 1 is 1.32 bits per heavy atom. The predicted octanol–water partition coefficient (Wildman–Crippen LogP) is 4.04. The Morgan fingerprint density at radius 3 is 2.77 bits per heavy atom. The van der Waals surface area contributed by atoms with Crippen LogP contribution in [0.4, 0.5) is 0 Å². The highest BCUT2D eigenvalue weighted by Crippen LogP contribution is 2.24. The van der Waals surface area contributed by atoms with E-state index in [2.05, 4.69) is 67.1 Å². The van der Waals surface area contributed by atoms with Gasteiger partial charge >= 0.3 is 0 Å². The van der Waals surface area contributed by atoms with Crippen LogP contribution in [-0.2, 0) is 20.7 Å². The summed E-state index contributed by atoms with van der Waals surface area (Å²) in [7, 11) is 0. The van der Waals surface area contributed by atoms with E-state index in [-0.39, 0.29) is 30.5 Å². The molecule has 0 radical (unpaired) electrons. The van der Waals surface area contributed by atoms with Gasteiger partial charge in [0.25, 0.3) is 0 Å². The normalized spacial score (nSPS) is 20.4. The lowest BCUT2D eigenvalue weighted by atomic mass is 9.95. The molecule has 1 fully saturated rings. The van der Waals surface area contributed by atoms with Crippen LogP contribution in [0.5, 0.6) is 0 Å². The van der Waals surface area contributed by atoms with Gasteiger partial charge in [0.1, 0.15) is 13.2 Å². The van der Waals surface area contributed by atoms with Crippen molar-refractivity contribution in [1.82, 2.24) is 0 Å². The van der Waals surface area contributed by atoms with E-state index in [0.29, 0.717) is 6.61 Å². The van der Waals surface area contributed by atoms with Crippen LogP contribution in [0.25, 0.3) is 6.08 Å². The summed E-state index contributed by atoms with van der Waals surface area (Å²) in [5.74, 6) is 0.00392. The summed E-state index contributed by atoms with van der Waals surface area (Å²) in [6.07, 6.45) is 5.00. The van der Waals surface area contributed by atoms with Crippen molar-refractivity contribution < 1.29 is 14.3 Å². The van der Waals surface area contributed by atoms with Crippen LogP contribution in [0.15, 0.2) is 28.7 Å². The number of carbonyl (C=O) groups is 1. The SMILES string of the molecule is CC(C)(C)/C=C/c1ccc(CC2COCC(=O)CO2)c(Br)c1. The fourth-order valence-electron chi connectivity index (χ4n) is 2.15. The summed E-state index contributed by atoms with van der Waals surface area (Å²) in [4.78, 5) is 11.3. The van der Waals surface area contributed by atoms with E-state index in [1.54, 1.807) is 0 Å². The van der Waals surface area contributed by atoms with E-state index in [0.717, 1.165) is 16.5 Å². The third-order valence-electron chi connectivity index (χ3n) is 3.35. The van der Waals surface area contributed by atoms with E-state index in [4.69, 9.17) is 9.47 Å². The standard InChI is InChI=1S/C18H23BrO3/c1-18(2,3)7-6-13-4-5-14(17(19)8-13)9-16-12-21-10-15(20)11-22-16/h4-8,16H,9-12H2,1-3H3/b7-6+. The zero-order valence-corrected chi connectivity index (χ0v) is 15.0. The molecule has 22 heavy (non-hydrogen) atoms. The maximum Gasteiger partial charge on any atom is 0.184 e. The molecule has 0 N–H and O–H groups in total. The monoisotopic (exact) mass is 366 g/mol. The summed E-state index contributed by atoms with van der Waals surface area (Å²) in [6.45, 7) is 7.31. The molecule has 3 nitrogen and oxygen atoms in total. The number of halogens is 1. The van der Waals surface area contributed by atoms with Gasteiger partial charge in [-0.1, -0.05) is 61.0 Å². The molecular weight excluding hydrogens is 344 g/mol. The van der Waals surface area contributed by atoms with Crippen molar-refractivity contribution in [2.75, 3.05) is 19.8 Å². The van der Waals surface area contributed by atoms with Crippen molar-refractivity contribution in [3.63, 3.8) is 0 Å². The fraction of sp³-hybridized carbons (Fsp3) is 0.500. The summed E-state index contributed by atoms with van der Waals surface area (Å²) in [5.41, 5.74) is 2.50. The average Bonchev–Trinajstić information content (AvgIpc) is 2.63. The lowest BCUT2D eigenvalue weighted by molar-refractivity contribution is -0.124. The van der Waals surface area contributed by atoms with Crippen molar-refractivity contribution in [3.05, 3.63) is 39.9 Å². The van der Waals surface area contributed by atoms with Crippen LogP contribution in [0.2, 0.25) is 0 Å². The van der Waals surface area contributed by atoms with Gasteiger partial charge in [-0.15, -0.1) is 0 Å². The van der Waals surface area contributed by atoms with Crippen LogP contribution in [0.3, 0.4) is 0 Å². The third kappa shape index (κ3) is 5.67. The quantitative estimate of drug-likeness (QED) is 0.809. The van der Waals surface area contributed by atoms with Crippen molar-refractivity contribution >= 4 is 27.8 Å². The highest BCUT2D eigenvalue weighted by atomic mass is 79.9. The number of carbonyl (C=O) groups excluding carboxylic acids is 1. The van der Waals surface area contributed by atoms with Crippen LogP contribution in [0.1, 0.15) is 31.9 Å². The number of hydrogen-bond acceptors (Lipinski definition) is 3. The first-order valence-corrected chi connectivity index (χ1v) is 8.31. The zero-order chi connectivity index (χ0) is 16.2. The molecule has 1 heterocycles. The Hall–Kier alpha value is -0.970. The molecule has 4 heteroatoms. The second-order valence-electron chi connectivity index (χ2n) is 6.74. The molecule has 120 valence electrons. The van der Waals surface area contributed by atoms with E-state index in [1.807, 2.05) is 0 Å². The van der Waals surface area contributed by atoms with Gasteiger partial charge in [-0.3, -0.25) is 4.79 Å². The van der Waals surface area contributed by atoms with Gasteiger partial charge in [-0.25, -0.2) is 0 Å². The maximum absolute atomic E-state index is 11.3. The van der Waals surface area contributed by atoms with Gasteiger partial charge in [0, 0.05) is 10.9 Å². The number of ketones is 1. The van der Waals surface area contributed by atoms with Gasteiger partial charge in [0.2, 0.25) is 0 Å². The van der Waals surface area contributed by atoms with Crippen LogP contribution < -0.4 is 0 Å². The van der Waals surface area contributed by atoms with Crippen LogP contribution in [0, 0.1) is 5.41 Å². The zero-order valence-electron chi connectivity index (χ0n) is 13.4. The van der Waals surface area contributed by atoms with Crippen LogP contribution >= 0.6 is 15.9 Å². The van der Waals surface area contributed by atoms with E-state index >= 15 is 0 Å². The fourth-order valence-corrected chi connectivity index (χ4v) is 2.71. The molecule has 1 atom stereocenters. The first-order valence-electron chi connectivity index (χ1n) is 7.52. The van der Waals surface area contributed by atoms with E-state index < -0.39 is 0 Å². The molecule has 1 unspecified atom stereocenters. The first kappa shape index (κ1) is 17.4. The van der Waals surface area contributed by atoms with Crippen molar-refractivity contribution in [2.24, 2.45) is 5.41 Å². The number of Topliss-reactive ketones (excluding diaryl/α,β-unsaturated/α-hetero) is 1. The van der Waals surface area contributed by atoms with Gasteiger partial charge < -0.3 is 9.47 Å². The van der Waals surface area contributed by atoms with Crippen molar-refractivity contribution in [2.45, 2.75) is 33.3 Å². The summed E-state index contributed by atoms with van der Waals surface area (Å²) in [5, 5.41) is 0. The van der Waals surface area contributed by atoms with Crippen molar-refractivity contribution in [3.8, 4) is 0 Å². The molecule has 0 amide bonds. The van der Waals surface area contributed by atoms with Gasteiger partial charge in [-0.2, -0.15) is 0 Å². The Kier molecular flexibility index (Phi) is 5.95. The molecule has 0 bridgehead atoms. The molecular formula is C18H23BrO3. The molecule has 1 aliphatic rings. The average molecular weight is 367 g/mol. The number of rotatable bonds is 3. The Labute approximate surface area is 140 Å². The highest BCUT2D eigenvalue weighted by molar-refractivity contribution is 9.10. The topological polar surface area (TPSA) is 35.5 Å². The lowest BCUT2D eigenvalue weighted by Crippen LogP contribution is -2.21. The molecule has 0 aliphatic carbocycles. The minimum absolute atomic E-state index is 0.00392. The largest absolute Gasteiger partial charge is 0.371 e. The summed E-state index contributed by atoms with van der Waals surface area (Å²) >= 11 is 3.63. The number of allylic oxidation sites excluding steroid dienone is 1. The lowest BCUT2D eigenvalue weighted by Gasteiger charge is -2.15. The molecule has 1 aromatic carbocycles. The highest BCUT2D eigenvalue weighted by Gasteiger charge is 2.18. The van der Waals surface area contributed by atoms with Crippen LogP contribution in [-0.4, -0.2) is 31.7 Å². The van der Waals surface area contributed by atoms with Gasteiger partial charge in [0.15, 0.2) is 5.78 Å². The molecule has 0 saturated carbocycles. The molecule has 0 aromatic heterocycles. The number of ether oxygens (including phenoxy) is 2. The summed E-state index contributed by atoms with van der Waals surface area (Å²) < 4.78 is 12.0. The Morgan fingerprint density at radius 2 is 2.09 bits per heavy atom. The van der Waals surface area contributed by atoms with Gasteiger partial charge in [-0.05, 0) is 22.6 Å². The Bertz CT molecular complexity index is 558. The smallest absolute Gasteiger partial charge is 0.184 e. The second kappa shape index (κ2) is 7.53. The van der Waals surface area contributed by atoms with Crippen molar-refractivity contribution in [1.29, 1.82) is 0 Å².